The van der Waals surface area contributed by atoms with E-state index < -0.39 is 10.0 Å². The zero-order chi connectivity index (χ0) is 14.6. The van der Waals surface area contributed by atoms with Gasteiger partial charge in [0.15, 0.2) is 0 Å². The number of carbonyl (C=O) groups excluding carboxylic acids is 1. The smallest absolute Gasteiger partial charge is 0.244 e. The molecule has 1 fully saturated rings. The van der Waals surface area contributed by atoms with Crippen LogP contribution in [0.1, 0.15) is 13.3 Å². The quantitative estimate of drug-likeness (QED) is 0.785. The van der Waals surface area contributed by atoms with Crippen molar-refractivity contribution in [3.05, 3.63) is 24.5 Å². The van der Waals surface area contributed by atoms with Crippen molar-refractivity contribution >= 4 is 15.8 Å². The number of piperazine rings is 1. The predicted octanol–water partition coefficient (Wildman–Crippen LogP) is 0.367. The second-order valence-corrected chi connectivity index (χ2v) is 6.82. The number of Topliss-reactive ketones (excluding diaryl/α,β-unsaturated/α-hetero) is 1. The molecule has 0 aliphatic carbocycles. The number of rotatable bonds is 5. The highest BCUT2D eigenvalue weighted by Gasteiger charge is 2.28. The Morgan fingerprint density at radius 1 is 1.30 bits per heavy atom. The van der Waals surface area contributed by atoms with Gasteiger partial charge in [-0.05, 0) is 19.1 Å². The lowest BCUT2D eigenvalue weighted by atomic mass is 10.2. The third kappa shape index (κ3) is 3.62. The van der Waals surface area contributed by atoms with Crippen molar-refractivity contribution in [3.8, 4) is 0 Å². The summed E-state index contributed by atoms with van der Waals surface area (Å²) in [5, 5.41) is 0. The lowest BCUT2D eigenvalue weighted by Gasteiger charge is -2.33. The Hall–Kier alpha value is -1.31. The highest BCUT2D eigenvalue weighted by atomic mass is 32.2. The summed E-state index contributed by atoms with van der Waals surface area (Å²) in [5.41, 5.74) is 0. The maximum absolute atomic E-state index is 12.4. The Bertz CT molecular complexity index is 551. The summed E-state index contributed by atoms with van der Waals surface area (Å²) in [5.74, 6) is 0.162. The average molecular weight is 297 g/mol. The monoisotopic (exact) mass is 297 g/mol. The van der Waals surface area contributed by atoms with E-state index in [1.54, 1.807) is 25.3 Å². The van der Waals surface area contributed by atoms with Gasteiger partial charge in [0.1, 0.15) is 10.7 Å². The highest BCUT2D eigenvalue weighted by molar-refractivity contribution is 7.89. The maximum Gasteiger partial charge on any atom is 0.244 e. The fourth-order valence-electron chi connectivity index (χ4n) is 2.16. The normalized spacial score (nSPS) is 18.1. The minimum Gasteiger partial charge on any atom is -0.300 e. The standard InChI is InChI=1S/C13H19N3O3S/c1-12(17)4-6-15-7-9-16(10-8-15)20(18,19)13-3-2-5-14-11-13/h2-3,5,11H,4,6-10H2,1H3. The van der Waals surface area contributed by atoms with Crippen molar-refractivity contribution in [2.45, 2.75) is 18.2 Å². The lowest BCUT2D eigenvalue weighted by Crippen LogP contribution is -2.48. The Balaban J connectivity index is 1.95. The van der Waals surface area contributed by atoms with Crippen molar-refractivity contribution in [1.82, 2.24) is 14.2 Å². The van der Waals surface area contributed by atoms with E-state index in [-0.39, 0.29) is 10.7 Å². The third-order valence-corrected chi connectivity index (χ3v) is 5.27. The topological polar surface area (TPSA) is 70.6 Å². The van der Waals surface area contributed by atoms with Crippen LogP contribution in [-0.4, -0.2) is 61.1 Å². The molecule has 1 saturated heterocycles. The van der Waals surface area contributed by atoms with E-state index in [1.807, 2.05) is 0 Å². The summed E-state index contributed by atoms with van der Waals surface area (Å²) in [6.45, 7) is 4.50. The number of aromatic nitrogens is 1. The van der Waals surface area contributed by atoms with Crippen LogP contribution in [0.25, 0.3) is 0 Å². The first kappa shape index (κ1) is 15.1. The van der Waals surface area contributed by atoms with Gasteiger partial charge in [-0.25, -0.2) is 8.42 Å². The van der Waals surface area contributed by atoms with Gasteiger partial charge in [0.05, 0.1) is 0 Å². The minimum absolute atomic E-state index is 0.162. The Morgan fingerprint density at radius 3 is 2.55 bits per heavy atom. The van der Waals surface area contributed by atoms with E-state index in [1.165, 1.54) is 10.5 Å². The predicted molar refractivity (Wildman–Crippen MR) is 74.7 cm³/mol. The zero-order valence-electron chi connectivity index (χ0n) is 11.5. The zero-order valence-corrected chi connectivity index (χ0v) is 12.3. The van der Waals surface area contributed by atoms with Crippen molar-refractivity contribution < 1.29 is 13.2 Å². The first-order chi connectivity index (χ1) is 9.50. The molecule has 7 heteroatoms. The number of sulfonamides is 1. The molecule has 0 aromatic carbocycles. The van der Waals surface area contributed by atoms with Gasteiger partial charge in [-0.15, -0.1) is 0 Å². The molecule has 0 bridgehead atoms. The molecule has 0 spiro atoms. The Labute approximate surface area is 119 Å². The van der Waals surface area contributed by atoms with E-state index in [2.05, 4.69) is 9.88 Å². The molecule has 2 heterocycles. The van der Waals surface area contributed by atoms with Crippen molar-refractivity contribution in [1.29, 1.82) is 0 Å². The van der Waals surface area contributed by atoms with E-state index in [0.29, 0.717) is 39.1 Å². The molecule has 0 N–H and O–H groups in total. The number of ketones is 1. The molecule has 1 aromatic rings. The van der Waals surface area contributed by atoms with Crippen LogP contribution in [0, 0.1) is 0 Å². The minimum atomic E-state index is -3.44. The molecule has 0 amide bonds. The van der Waals surface area contributed by atoms with Gasteiger partial charge in [-0.2, -0.15) is 4.31 Å². The van der Waals surface area contributed by atoms with Crippen molar-refractivity contribution in [2.24, 2.45) is 0 Å². The number of carbonyl (C=O) groups is 1. The molecular formula is C13H19N3O3S. The summed E-state index contributed by atoms with van der Waals surface area (Å²) in [6.07, 6.45) is 3.45. The van der Waals surface area contributed by atoms with Gasteiger partial charge in [0.25, 0.3) is 0 Å². The number of hydrogen-bond acceptors (Lipinski definition) is 5. The molecular weight excluding hydrogens is 278 g/mol. The molecule has 110 valence electrons. The summed E-state index contributed by atoms with van der Waals surface area (Å²) in [4.78, 5) is 17.2. The van der Waals surface area contributed by atoms with Crippen LogP contribution in [0.15, 0.2) is 29.4 Å². The maximum atomic E-state index is 12.4. The Morgan fingerprint density at radius 2 is 2.00 bits per heavy atom. The molecule has 0 unspecified atom stereocenters. The first-order valence-corrected chi connectivity index (χ1v) is 8.06. The summed E-state index contributed by atoms with van der Waals surface area (Å²) in [7, 11) is -3.44. The van der Waals surface area contributed by atoms with Crippen LogP contribution in [0.2, 0.25) is 0 Å². The van der Waals surface area contributed by atoms with Crippen LogP contribution in [0.4, 0.5) is 0 Å². The molecule has 2 rings (SSSR count). The lowest BCUT2D eigenvalue weighted by molar-refractivity contribution is -0.117. The highest BCUT2D eigenvalue weighted by Crippen LogP contribution is 2.16. The molecule has 1 aromatic heterocycles. The van der Waals surface area contributed by atoms with Crippen molar-refractivity contribution in [2.75, 3.05) is 32.7 Å². The van der Waals surface area contributed by atoms with Crippen LogP contribution in [0.3, 0.4) is 0 Å². The number of pyridine rings is 1. The van der Waals surface area contributed by atoms with Gasteiger partial charge in [-0.3, -0.25) is 9.78 Å². The molecule has 1 aliphatic heterocycles. The summed E-state index contributed by atoms with van der Waals surface area (Å²) < 4.78 is 26.2. The molecule has 0 atom stereocenters. The van der Waals surface area contributed by atoms with E-state index in [4.69, 9.17) is 0 Å². The van der Waals surface area contributed by atoms with E-state index in [9.17, 15) is 13.2 Å². The number of nitrogens with zero attached hydrogens (tertiary/aromatic N) is 3. The first-order valence-electron chi connectivity index (χ1n) is 6.62. The Kier molecular flexibility index (Phi) is 4.85. The van der Waals surface area contributed by atoms with Crippen molar-refractivity contribution in [3.63, 3.8) is 0 Å². The van der Waals surface area contributed by atoms with E-state index >= 15 is 0 Å². The molecule has 0 radical (unpaired) electrons. The molecule has 1 aliphatic rings. The van der Waals surface area contributed by atoms with Gasteiger partial charge < -0.3 is 4.90 Å². The second-order valence-electron chi connectivity index (χ2n) is 4.89. The SMILES string of the molecule is CC(=O)CCN1CCN(S(=O)(=O)c2cccnc2)CC1. The third-order valence-electron chi connectivity index (χ3n) is 3.38. The summed E-state index contributed by atoms with van der Waals surface area (Å²) >= 11 is 0. The van der Waals surface area contributed by atoms with Gasteiger partial charge >= 0.3 is 0 Å². The fraction of sp³-hybridized carbons (Fsp3) is 0.538. The summed E-state index contributed by atoms with van der Waals surface area (Å²) in [6, 6.07) is 3.18. The van der Waals surface area contributed by atoms with Crippen LogP contribution in [-0.2, 0) is 14.8 Å². The average Bonchev–Trinajstić information content (AvgIpc) is 2.46. The van der Waals surface area contributed by atoms with Gasteiger partial charge in [0, 0.05) is 51.5 Å². The fourth-order valence-corrected chi connectivity index (χ4v) is 3.54. The van der Waals surface area contributed by atoms with Crippen LogP contribution in [0.5, 0.6) is 0 Å². The second kappa shape index (κ2) is 6.43. The van der Waals surface area contributed by atoms with Gasteiger partial charge in [-0.1, -0.05) is 0 Å². The largest absolute Gasteiger partial charge is 0.300 e. The molecule has 20 heavy (non-hydrogen) atoms. The van der Waals surface area contributed by atoms with Crippen LogP contribution >= 0.6 is 0 Å². The molecule has 6 nitrogen and oxygen atoms in total. The molecule has 0 saturated carbocycles. The number of hydrogen-bond donors (Lipinski definition) is 0. The van der Waals surface area contributed by atoms with Gasteiger partial charge in [0.2, 0.25) is 10.0 Å². The van der Waals surface area contributed by atoms with E-state index in [0.717, 1.165) is 0 Å². The van der Waals surface area contributed by atoms with Crippen LogP contribution < -0.4 is 0 Å².